The van der Waals surface area contributed by atoms with Crippen molar-refractivity contribution in [2.24, 2.45) is 0 Å². The smallest absolute Gasteiger partial charge is 0.416 e. The van der Waals surface area contributed by atoms with Gasteiger partial charge in [0.2, 0.25) is 0 Å². The number of halogens is 3. The van der Waals surface area contributed by atoms with Crippen LogP contribution < -0.4 is 4.90 Å². The van der Waals surface area contributed by atoms with Gasteiger partial charge in [-0.1, -0.05) is 0 Å². The number of anilines is 1. The Balaban J connectivity index is 1.42. The summed E-state index contributed by atoms with van der Waals surface area (Å²) in [6, 6.07) is 12.2. The Morgan fingerprint density at radius 1 is 1.06 bits per heavy atom. The summed E-state index contributed by atoms with van der Waals surface area (Å²) in [5, 5.41) is 11.8. The molecular weight excluding hydrogens is 437 g/mol. The maximum atomic E-state index is 12.8. The normalized spacial score (nSPS) is 17.2. The third-order valence-corrected chi connectivity index (χ3v) is 5.74. The fourth-order valence-electron chi connectivity index (χ4n) is 3.87. The zero-order valence-electron chi connectivity index (χ0n) is 18.2. The molecule has 0 spiro atoms. The van der Waals surface area contributed by atoms with E-state index >= 15 is 0 Å². The van der Waals surface area contributed by atoms with Crippen LogP contribution in [0.2, 0.25) is 0 Å². The summed E-state index contributed by atoms with van der Waals surface area (Å²) in [7, 11) is 1.35. The minimum atomic E-state index is -4.39. The van der Waals surface area contributed by atoms with Crippen LogP contribution in [0.25, 0.3) is 5.69 Å². The molecule has 1 aromatic heterocycles. The molecule has 0 bridgehead atoms. The first-order valence-corrected chi connectivity index (χ1v) is 10.4. The van der Waals surface area contributed by atoms with Crippen molar-refractivity contribution in [1.82, 2.24) is 25.1 Å². The minimum absolute atomic E-state index is 0.178. The SMILES string of the molecule is COC(=O)c1ccc(N2CCN(Cc3nnnn3-c3ccc(C(F)(F)F)cc3)C(C)C2)cc1. The second-order valence-electron chi connectivity index (χ2n) is 7.86. The lowest BCUT2D eigenvalue weighted by Crippen LogP contribution is -2.51. The van der Waals surface area contributed by atoms with E-state index in [0.29, 0.717) is 23.6 Å². The molecule has 2 heterocycles. The van der Waals surface area contributed by atoms with Gasteiger partial charge < -0.3 is 9.64 Å². The number of carbonyl (C=O) groups excluding carboxylic acids is 1. The van der Waals surface area contributed by atoms with Gasteiger partial charge in [0, 0.05) is 31.4 Å². The molecule has 0 radical (unpaired) electrons. The standard InChI is InChI=1S/C22H23F3N6O2/c1-15-13-30(18-7-3-16(4-8-18)21(32)33-2)12-11-29(15)14-20-26-27-28-31(20)19-9-5-17(6-10-19)22(23,24)25/h3-10,15H,11-14H2,1-2H3. The predicted octanol–water partition coefficient (Wildman–Crippen LogP) is 3.18. The number of piperazine rings is 1. The third-order valence-electron chi connectivity index (χ3n) is 5.74. The molecule has 0 aliphatic carbocycles. The summed E-state index contributed by atoms with van der Waals surface area (Å²) in [6.45, 7) is 4.84. The van der Waals surface area contributed by atoms with Crippen molar-refractivity contribution in [2.75, 3.05) is 31.6 Å². The Labute approximate surface area is 188 Å². The Morgan fingerprint density at radius 2 is 1.73 bits per heavy atom. The molecule has 1 atom stereocenters. The number of rotatable bonds is 5. The van der Waals surface area contributed by atoms with Gasteiger partial charge in [0.15, 0.2) is 5.82 Å². The van der Waals surface area contributed by atoms with Crippen molar-refractivity contribution < 1.29 is 22.7 Å². The maximum absolute atomic E-state index is 12.8. The van der Waals surface area contributed by atoms with Crippen LogP contribution in [-0.2, 0) is 17.5 Å². The Kier molecular flexibility index (Phi) is 6.32. The number of esters is 1. The van der Waals surface area contributed by atoms with Crippen LogP contribution in [0.5, 0.6) is 0 Å². The highest BCUT2D eigenvalue weighted by Gasteiger charge is 2.30. The molecule has 0 amide bonds. The van der Waals surface area contributed by atoms with Crippen molar-refractivity contribution in [1.29, 1.82) is 0 Å². The van der Waals surface area contributed by atoms with E-state index in [9.17, 15) is 18.0 Å². The van der Waals surface area contributed by atoms with Crippen LogP contribution in [0.1, 0.15) is 28.7 Å². The fraction of sp³-hybridized carbons (Fsp3) is 0.364. The van der Waals surface area contributed by atoms with Gasteiger partial charge in [-0.3, -0.25) is 4.90 Å². The second-order valence-corrected chi connectivity index (χ2v) is 7.86. The molecule has 4 rings (SSSR count). The number of carbonyl (C=O) groups is 1. The largest absolute Gasteiger partial charge is 0.465 e. The molecule has 33 heavy (non-hydrogen) atoms. The second kappa shape index (κ2) is 9.18. The average Bonchev–Trinajstić information content (AvgIpc) is 3.27. The van der Waals surface area contributed by atoms with Crippen LogP contribution in [0, 0.1) is 0 Å². The number of benzene rings is 2. The number of nitrogens with zero attached hydrogens (tertiary/aromatic N) is 6. The summed E-state index contributed by atoms with van der Waals surface area (Å²) in [4.78, 5) is 16.1. The average molecular weight is 460 g/mol. The molecule has 1 aliphatic rings. The Hall–Kier alpha value is -3.47. The molecule has 2 aromatic carbocycles. The van der Waals surface area contributed by atoms with Gasteiger partial charge in [-0.15, -0.1) is 5.10 Å². The molecule has 1 saturated heterocycles. The summed E-state index contributed by atoms with van der Waals surface area (Å²) in [6.07, 6.45) is -4.39. The first kappa shape index (κ1) is 22.7. The first-order chi connectivity index (χ1) is 15.8. The topological polar surface area (TPSA) is 76.4 Å². The maximum Gasteiger partial charge on any atom is 0.416 e. The van der Waals surface area contributed by atoms with E-state index in [2.05, 4.69) is 32.2 Å². The molecule has 1 aliphatic heterocycles. The minimum Gasteiger partial charge on any atom is -0.465 e. The summed E-state index contributed by atoms with van der Waals surface area (Å²) in [5.74, 6) is 0.183. The van der Waals surface area contributed by atoms with Crippen molar-refractivity contribution >= 4 is 11.7 Å². The number of aromatic nitrogens is 4. The quantitative estimate of drug-likeness (QED) is 0.542. The van der Waals surface area contributed by atoms with Gasteiger partial charge in [-0.2, -0.15) is 17.9 Å². The number of hydrogen-bond donors (Lipinski definition) is 0. The van der Waals surface area contributed by atoms with Crippen molar-refractivity contribution in [3.05, 3.63) is 65.5 Å². The lowest BCUT2D eigenvalue weighted by molar-refractivity contribution is -0.137. The van der Waals surface area contributed by atoms with E-state index in [4.69, 9.17) is 4.74 Å². The van der Waals surface area contributed by atoms with E-state index in [1.807, 2.05) is 12.1 Å². The molecule has 174 valence electrons. The van der Waals surface area contributed by atoms with Gasteiger partial charge in [0.25, 0.3) is 0 Å². The van der Waals surface area contributed by atoms with Crippen LogP contribution in [0.15, 0.2) is 48.5 Å². The van der Waals surface area contributed by atoms with E-state index < -0.39 is 11.7 Å². The van der Waals surface area contributed by atoms with Crippen LogP contribution >= 0.6 is 0 Å². The molecule has 0 N–H and O–H groups in total. The monoisotopic (exact) mass is 460 g/mol. The van der Waals surface area contributed by atoms with E-state index in [0.717, 1.165) is 37.5 Å². The summed E-state index contributed by atoms with van der Waals surface area (Å²) >= 11 is 0. The Morgan fingerprint density at radius 3 is 2.33 bits per heavy atom. The first-order valence-electron chi connectivity index (χ1n) is 10.4. The van der Waals surface area contributed by atoms with Crippen LogP contribution in [-0.4, -0.2) is 63.9 Å². The number of hydrogen-bond acceptors (Lipinski definition) is 7. The van der Waals surface area contributed by atoms with E-state index in [1.165, 1.54) is 23.9 Å². The van der Waals surface area contributed by atoms with Crippen molar-refractivity contribution in [3.8, 4) is 5.69 Å². The highest BCUT2D eigenvalue weighted by molar-refractivity contribution is 5.89. The summed E-state index contributed by atoms with van der Waals surface area (Å²) < 4.78 is 44.7. The highest BCUT2D eigenvalue weighted by Crippen LogP contribution is 2.29. The zero-order valence-corrected chi connectivity index (χ0v) is 18.2. The van der Waals surface area contributed by atoms with Gasteiger partial charge in [-0.05, 0) is 65.9 Å². The molecule has 1 fully saturated rings. The molecule has 0 saturated carbocycles. The van der Waals surface area contributed by atoms with Gasteiger partial charge in [0.05, 0.1) is 30.5 Å². The van der Waals surface area contributed by atoms with Gasteiger partial charge in [0.1, 0.15) is 0 Å². The highest BCUT2D eigenvalue weighted by atomic mass is 19.4. The molecule has 3 aromatic rings. The third kappa shape index (κ3) is 4.98. The van der Waals surface area contributed by atoms with E-state index in [-0.39, 0.29) is 12.0 Å². The number of alkyl halides is 3. The van der Waals surface area contributed by atoms with Gasteiger partial charge >= 0.3 is 12.1 Å². The lowest BCUT2D eigenvalue weighted by atomic mass is 10.1. The summed E-state index contributed by atoms with van der Waals surface area (Å²) in [5.41, 5.74) is 1.28. The van der Waals surface area contributed by atoms with Crippen molar-refractivity contribution in [2.45, 2.75) is 25.7 Å². The Bertz CT molecular complexity index is 1100. The van der Waals surface area contributed by atoms with Crippen LogP contribution in [0.4, 0.5) is 18.9 Å². The molecule has 11 heteroatoms. The fourth-order valence-corrected chi connectivity index (χ4v) is 3.87. The van der Waals surface area contributed by atoms with E-state index in [1.54, 1.807) is 12.1 Å². The number of ether oxygens (including phenoxy) is 1. The lowest BCUT2D eigenvalue weighted by Gasteiger charge is -2.40. The molecule has 8 nitrogen and oxygen atoms in total. The predicted molar refractivity (Wildman–Crippen MR) is 114 cm³/mol. The molecule has 1 unspecified atom stereocenters. The van der Waals surface area contributed by atoms with Crippen molar-refractivity contribution in [3.63, 3.8) is 0 Å². The molecular formula is C22H23F3N6O2. The van der Waals surface area contributed by atoms with Gasteiger partial charge in [-0.25, -0.2) is 4.79 Å². The number of tetrazole rings is 1. The zero-order chi connectivity index (χ0) is 23.6. The number of methoxy groups -OCH3 is 1. The van der Waals surface area contributed by atoms with Crippen LogP contribution in [0.3, 0.4) is 0 Å².